The van der Waals surface area contributed by atoms with E-state index in [4.69, 9.17) is 4.74 Å². The smallest absolute Gasteiger partial charge is 0.311 e. The Morgan fingerprint density at radius 2 is 2.00 bits per heavy atom. The van der Waals surface area contributed by atoms with Gasteiger partial charge in [-0.05, 0) is 27.2 Å². The van der Waals surface area contributed by atoms with E-state index < -0.39 is 34.2 Å². The summed E-state index contributed by atoms with van der Waals surface area (Å²) in [5.74, 6) is -2.07. The van der Waals surface area contributed by atoms with Crippen molar-refractivity contribution >= 4 is 29.5 Å². The Labute approximate surface area is 181 Å². The van der Waals surface area contributed by atoms with Crippen molar-refractivity contribution in [1.82, 2.24) is 9.80 Å². The highest BCUT2D eigenvalue weighted by molar-refractivity contribution is 8.02. The summed E-state index contributed by atoms with van der Waals surface area (Å²) in [4.78, 5) is 43.9. The number of hydrogen-bond donors (Lipinski definition) is 1. The van der Waals surface area contributed by atoms with E-state index in [-0.39, 0.29) is 36.2 Å². The molecule has 30 heavy (non-hydrogen) atoms. The van der Waals surface area contributed by atoms with E-state index in [1.165, 1.54) is 11.8 Å². The number of hydrogen-bond acceptors (Lipinski definition) is 6. The zero-order valence-electron chi connectivity index (χ0n) is 17.9. The number of cyclic esters (lactones) is 1. The van der Waals surface area contributed by atoms with Crippen molar-refractivity contribution < 1.29 is 24.2 Å². The van der Waals surface area contributed by atoms with E-state index >= 15 is 0 Å². The van der Waals surface area contributed by atoms with E-state index in [0.29, 0.717) is 13.0 Å². The maximum atomic E-state index is 13.9. The van der Waals surface area contributed by atoms with Crippen molar-refractivity contribution in [3.8, 4) is 0 Å². The molecule has 0 aromatic carbocycles. The van der Waals surface area contributed by atoms with Crippen LogP contribution in [0.25, 0.3) is 0 Å². The van der Waals surface area contributed by atoms with Gasteiger partial charge in [0.1, 0.15) is 12.6 Å². The number of fused-ring (bicyclic) bond motifs is 2. The van der Waals surface area contributed by atoms with Crippen molar-refractivity contribution in [2.24, 2.45) is 11.8 Å². The number of ether oxygens (including phenoxy) is 1. The monoisotopic (exact) mass is 434 g/mol. The minimum Gasteiger partial charge on any atom is -0.461 e. The van der Waals surface area contributed by atoms with Crippen molar-refractivity contribution in [2.45, 2.75) is 61.7 Å². The first-order valence-corrected chi connectivity index (χ1v) is 11.5. The van der Waals surface area contributed by atoms with Crippen LogP contribution in [0.1, 0.15) is 34.1 Å². The van der Waals surface area contributed by atoms with Crippen LogP contribution in [0.15, 0.2) is 24.3 Å². The number of aliphatic hydroxyl groups excluding tert-OH is 1. The first-order chi connectivity index (χ1) is 14.2. The van der Waals surface area contributed by atoms with E-state index in [2.05, 4.69) is 0 Å². The van der Waals surface area contributed by atoms with Gasteiger partial charge in [-0.15, -0.1) is 11.8 Å². The van der Waals surface area contributed by atoms with Crippen LogP contribution in [0.4, 0.5) is 0 Å². The summed E-state index contributed by atoms with van der Waals surface area (Å²) in [6.45, 7) is 8.25. The number of thioether (sulfide) groups is 1. The third kappa shape index (κ3) is 2.94. The van der Waals surface area contributed by atoms with Gasteiger partial charge in [0.2, 0.25) is 11.8 Å². The average Bonchev–Trinajstić information content (AvgIpc) is 2.97. The number of carbonyl (C=O) groups is 3. The van der Waals surface area contributed by atoms with Gasteiger partial charge >= 0.3 is 5.97 Å². The molecule has 0 aromatic heterocycles. The maximum Gasteiger partial charge on any atom is 0.311 e. The average molecular weight is 435 g/mol. The zero-order chi connectivity index (χ0) is 21.8. The van der Waals surface area contributed by atoms with Crippen LogP contribution in [0.2, 0.25) is 0 Å². The lowest BCUT2D eigenvalue weighted by atomic mass is 9.78. The minimum atomic E-state index is -0.854. The van der Waals surface area contributed by atoms with Gasteiger partial charge < -0.3 is 19.6 Å². The largest absolute Gasteiger partial charge is 0.461 e. The van der Waals surface area contributed by atoms with Gasteiger partial charge in [0.05, 0.1) is 29.2 Å². The summed E-state index contributed by atoms with van der Waals surface area (Å²) in [5, 5.41) is 9.80. The van der Waals surface area contributed by atoms with Crippen molar-refractivity contribution in [1.29, 1.82) is 0 Å². The summed E-state index contributed by atoms with van der Waals surface area (Å²) in [5.41, 5.74) is -0.424. The lowest BCUT2D eigenvalue weighted by Gasteiger charge is -2.42. The predicted molar refractivity (Wildman–Crippen MR) is 114 cm³/mol. The molecule has 2 saturated heterocycles. The summed E-state index contributed by atoms with van der Waals surface area (Å²) in [6, 6.07) is -1.23. The van der Waals surface area contributed by atoms with Crippen LogP contribution in [0.3, 0.4) is 0 Å². The first kappa shape index (κ1) is 21.4. The number of likely N-dealkylation sites (tertiary alicyclic amines) is 1. The Balaban J connectivity index is 1.89. The standard InChI is InChI=1S/C22H30N2O5S/c1-5-13(12-25)24-17-19(27)23(21(2,3)4)10-7-9-22(17)16(18(24)26)15-14(30-22)8-6-11-29-20(15)28/h6-9,13-17,25H,5,10-12H2,1-4H3/t13-,14-,15+,16-,17?,22-/m0/s1. The Hall–Kier alpha value is -1.80. The van der Waals surface area contributed by atoms with Crippen LogP contribution in [0.5, 0.6) is 0 Å². The Kier molecular flexibility index (Phi) is 5.29. The highest BCUT2D eigenvalue weighted by Crippen LogP contribution is 2.61. The quantitative estimate of drug-likeness (QED) is 0.533. The van der Waals surface area contributed by atoms with Gasteiger partial charge in [0.15, 0.2) is 0 Å². The Bertz CT molecular complexity index is 815. The number of carbonyl (C=O) groups excluding carboxylic acids is 3. The lowest BCUT2D eigenvalue weighted by Crippen LogP contribution is -2.59. The number of amides is 2. The van der Waals surface area contributed by atoms with Gasteiger partial charge in [-0.2, -0.15) is 0 Å². The van der Waals surface area contributed by atoms with Crippen LogP contribution >= 0.6 is 11.8 Å². The second-order valence-electron chi connectivity index (χ2n) is 9.41. The highest BCUT2D eigenvalue weighted by atomic mass is 32.2. The Morgan fingerprint density at radius 1 is 1.27 bits per heavy atom. The molecule has 4 aliphatic heterocycles. The maximum absolute atomic E-state index is 13.9. The molecule has 0 bridgehead atoms. The van der Waals surface area contributed by atoms with Gasteiger partial charge in [0.25, 0.3) is 0 Å². The molecule has 0 saturated carbocycles. The summed E-state index contributed by atoms with van der Waals surface area (Å²) in [6.07, 6.45) is 8.22. The molecule has 8 heteroatoms. The molecule has 1 unspecified atom stereocenters. The number of rotatable bonds is 3. The second kappa shape index (κ2) is 7.41. The van der Waals surface area contributed by atoms with Crippen LogP contribution in [-0.4, -0.2) is 80.1 Å². The Morgan fingerprint density at radius 3 is 2.63 bits per heavy atom. The van der Waals surface area contributed by atoms with Crippen LogP contribution in [0, 0.1) is 11.8 Å². The van der Waals surface area contributed by atoms with E-state index in [1.807, 2.05) is 52.0 Å². The summed E-state index contributed by atoms with van der Waals surface area (Å²) >= 11 is 1.52. The van der Waals surface area contributed by atoms with Gasteiger partial charge in [-0.25, -0.2) is 0 Å². The van der Waals surface area contributed by atoms with Crippen LogP contribution < -0.4 is 0 Å². The molecule has 4 aliphatic rings. The lowest BCUT2D eigenvalue weighted by molar-refractivity contribution is -0.152. The molecule has 6 atom stereocenters. The number of aliphatic hydroxyl groups is 1. The van der Waals surface area contributed by atoms with Crippen LogP contribution in [-0.2, 0) is 19.1 Å². The summed E-state index contributed by atoms with van der Waals surface area (Å²) < 4.78 is 4.50. The summed E-state index contributed by atoms with van der Waals surface area (Å²) in [7, 11) is 0. The SMILES string of the molecule is CC[C@@H](CO)N1C(=O)[C@@H]2[C@@H]3C(=O)OCC=C[C@@H]3S[C@@]23C=CCN(C(C)(C)C)C(=O)C13. The molecule has 164 valence electrons. The van der Waals surface area contributed by atoms with E-state index in [0.717, 1.165) is 0 Å². The van der Waals surface area contributed by atoms with E-state index in [9.17, 15) is 19.5 Å². The molecule has 0 aliphatic carbocycles. The van der Waals surface area contributed by atoms with Gasteiger partial charge in [0, 0.05) is 17.3 Å². The molecule has 2 amide bonds. The highest BCUT2D eigenvalue weighted by Gasteiger charge is 2.72. The molecular weight excluding hydrogens is 404 g/mol. The molecule has 4 heterocycles. The second-order valence-corrected chi connectivity index (χ2v) is 10.9. The molecule has 0 aromatic rings. The van der Waals surface area contributed by atoms with E-state index in [1.54, 1.807) is 9.80 Å². The first-order valence-electron chi connectivity index (χ1n) is 10.6. The fourth-order valence-corrected chi connectivity index (χ4v) is 7.31. The topological polar surface area (TPSA) is 87.2 Å². The van der Waals surface area contributed by atoms with Crippen molar-refractivity contribution in [3.05, 3.63) is 24.3 Å². The van der Waals surface area contributed by atoms with Crippen molar-refractivity contribution in [3.63, 3.8) is 0 Å². The fourth-order valence-electron chi connectivity index (χ4n) is 5.32. The number of nitrogens with zero attached hydrogens (tertiary/aromatic N) is 2. The minimum absolute atomic E-state index is 0.128. The predicted octanol–water partition coefficient (Wildman–Crippen LogP) is 1.36. The number of esters is 1. The molecule has 2 fully saturated rings. The fraction of sp³-hybridized carbons (Fsp3) is 0.682. The molecule has 0 radical (unpaired) electrons. The van der Waals surface area contributed by atoms with Gasteiger partial charge in [-0.3, -0.25) is 14.4 Å². The molecule has 1 N–H and O–H groups in total. The molecule has 4 rings (SSSR count). The van der Waals surface area contributed by atoms with Crippen molar-refractivity contribution in [2.75, 3.05) is 19.8 Å². The molecule has 7 nitrogen and oxygen atoms in total. The molecular formula is C22H30N2O5S. The molecule has 1 spiro atoms. The normalized spacial score (nSPS) is 36.8. The third-order valence-electron chi connectivity index (χ3n) is 6.74. The third-order valence-corrected chi connectivity index (χ3v) is 8.48. The van der Waals surface area contributed by atoms with Gasteiger partial charge in [-0.1, -0.05) is 31.2 Å². The zero-order valence-corrected chi connectivity index (χ0v) is 18.7.